The van der Waals surface area contributed by atoms with Gasteiger partial charge in [-0.2, -0.15) is 8.42 Å². The first kappa shape index (κ1) is 32.5. The molecule has 1 aliphatic carbocycles. The zero-order chi connectivity index (χ0) is 34.2. The van der Waals surface area contributed by atoms with Gasteiger partial charge in [0.15, 0.2) is 0 Å². The summed E-state index contributed by atoms with van der Waals surface area (Å²) in [5, 5.41) is 16.1. The van der Waals surface area contributed by atoms with E-state index in [0.717, 1.165) is 28.6 Å². The minimum absolute atomic E-state index is 0.144. The van der Waals surface area contributed by atoms with Gasteiger partial charge in [0.2, 0.25) is 17.5 Å². The van der Waals surface area contributed by atoms with Crippen molar-refractivity contribution in [3.63, 3.8) is 0 Å². The zero-order valence-electron chi connectivity index (χ0n) is 26.9. The molecule has 14 heteroatoms. The van der Waals surface area contributed by atoms with E-state index in [9.17, 15) is 27.9 Å². The normalized spacial score (nSPS) is 31.1. The zero-order valence-corrected chi connectivity index (χ0v) is 27.7. The minimum atomic E-state index is -3.67. The van der Waals surface area contributed by atoms with Crippen molar-refractivity contribution in [2.45, 2.75) is 62.4 Å². The Morgan fingerprint density at radius 1 is 1.15 bits per heavy atom. The topological polar surface area (TPSA) is 173 Å². The van der Waals surface area contributed by atoms with Gasteiger partial charge in [-0.1, -0.05) is 48.5 Å². The van der Waals surface area contributed by atoms with E-state index in [1.807, 2.05) is 49.5 Å². The summed E-state index contributed by atoms with van der Waals surface area (Å²) in [6, 6.07) is 14.1. The van der Waals surface area contributed by atoms with Crippen LogP contribution in [0.2, 0.25) is 0 Å². The number of fused-ring (bicyclic) bond motifs is 5. The lowest BCUT2D eigenvalue weighted by Crippen LogP contribution is -2.71. The molecule has 2 aromatic carbocycles. The Morgan fingerprint density at radius 3 is 2.60 bits per heavy atom. The highest BCUT2D eigenvalue weighted by atomic mass is 32.2. The average Bonchev–Trinajstić information content (AvgIpc) is 3.73. The molecule has 13 nitrogen and oxygen atoms in total. The molecule has 0 bridgehead atoms. The monoisotopic (exact) mass is 677 g/mol. The van der Waals surface area contributed by atoms with E-state index >= 15 is 0 Å². The molecule has 5 aliphatic rings. The van der Waals surface area contributed by atoms with E-state index in [0.29, 0.717) is 32.2 Å². The number of nitrogens with zero attached hydrogens (tertiary/aromatic N) is 3. The fraction of sp³-hybridized carbons (Fsp3) is 0.441. The van der Waals surface area contributed by atoms with Gasteiger partial charge in [0, 0.05) is 42.7 Å². The van der Waals surface area contributed by atoms with Crippen molar-refractivity contribution in [2.24, 2.45) is 5.92 Å². The molecule has 3 aromatic rings. The number of likely N-dealkylation sites (N-methyl/N-ethyl adjacent to an activating group) is 1. The molecule has 8 rings (SSSR count). The fourth-order valence-electron chi connectivity index (χ4n) is 8.12. The molecule has 0 unspecified atom stereocenters. The van der Waals surface area contributed by atoms with Crippen molar-refractivity contribution in [3.8, 4) is 0 Å². The van der Waals surface area contributed by atoms with Gasteiger partial charge >= 0.3 is 0 Å². The smallest absolute Gasteiger partial charge is 0.280 e. The molecule has 6 atom stereocenters. The first-order valence-corrected chi connectivity index (χ1v) is 17.9. The molecule has 0 saturated carbocycles. The maximum atomic E-state index is 14.2. The van der Waals surface area contributed by atoms with Crippen LogP contribution >= 0.6 is 0 Å². The predicted octanol–water partition coefficient (Wildman–Crippen LogP) is 1.49. The number of H-pyrrole nitrogens is 1. The molecule has 3 saturated heterocycles. The summed E-state index contributed by atoms with van der Waals surface area (Å²) in [6.45, 7) is 2.45. The lowest BCUT2D eigenvalue weighted by atomic mass is 9.79. The van der Waals surface area contributed by atoms with Crippen LogP contribution in [-0.4, -0.2) is 112 Å². The SMILES string of the molecule is CN1C[C@H](C(=O)N[C@]2(C)O[C@@]3(O)[C@@H]4CCCN4C(=O)[C@H](Cc4ccccc4)N3C2=O)C=C2c3cccc4[nH]cc(c34)C[C@@H]21.CS(=O)(=O)O. The van der Waals surface area contributed by atoms with Crippen LogP contribution in [0.3, 0.4) is 0 Å². The van der Waals surface area contributed by atoms with Crippen molar-refractivity contribution in [1.29, 1.82) is 0 Å². The summed E-state index contributed by atoms with van der Waals surface area (Å²) >= 11 is 0. The summed E-state index contributed by atoms with van der Waals surface area (Å²) in [6.07, 6.45) is 7.10. The summed E-state index contributed by atoms with van der Waals surface area (Å²) in [7, 11) is -1.65. The van der Waals surface area contributed by atoms with Gasteiger partial charge < -0.3 is 20.3 Å². The number of carbonyl (C=O) groups is 3. The maximum Gasteiger partial charge on any atom is 0.280 e. The van der Waals surface area contributed by atoms with E-state index in [1.54, 1.807) is 4.90 Å². The van der Waals surface area contributed by atoms with Crippen molar-refractivity contribution >= 4 is 44.3 Å². The summed E-state index contributed by atoms with van der Waals surface area (Å²) in [5.74, 6) is -3.77. The standard InChI is InChI=1S/C33H35N5O5.CH4O3S/c1-32(35-29(39)21-15-23-22-10-6-11-24-28(22)20(17-34-24)16-25(23)36(2)18-21)31(41)38-26(14-19-8-4-3-5-9-19)30(40)37-13-7-12-27(37)33(38,42)43-32;1-5(2,3)4/h3-6,8-11,15,17,21,25-27,34,42H,7,12-14,16,18H2,1-2H3,(H,35,39);1H3,(H,2,3,4)/t21-,25+,26+,27+,32-,33+;/m1./s1. The Hall–Kier alpha value is -4.08. The van der Waals surface area contributed by atoms with Crippen molar-refractivity contribution in [2.75, 3.05) is 26.4 Å². The van der Waals surface area contributed by atoms with Gasteiger partial charge in [0.25, 0.3) is 21.9 Å². The average molecular weight is 678 g/mol. The number of aromatic amines is 1. The number of carbonyl (C=O) groups excluding carboxylic acids is 3. The summed E-state index contributed by atoms with van der Waals surface area (Å²) < 4.78 is 32.1. The van der Waals surface area contributed by atoms with Crippen molar-refractivity contribution in [3.05, 3.63) is 77.5 Å². The molecule has 48 heavy (non-hydrogen) atoms. The van der Waals surface area contributed by atoms with Crippen LogP contribution < -0.4 is 5.32 Å². The number of hydrogen-bond donors (Lipinski definition) is 4. The van der Waals surface area contributed by atoms with E-state index in [2.05, 4.69) is 33.5 Å². The van der Waals surface area contributed by atoms with E-state index < -0.39 is 45.7 Å². The maximum absolute atomic E-state index is 14.2. The summed E-state index contributed by atoms with van der Waals surface area (Å²) in [4.78, 5) is 50.2. The van der Waals surface area contributed by atoms with Crippen LogP contribution in [0.4, 0.5) is 0 Å². The van der Waals surface area contributed by atoms with Crippen LogP contribution in [0.15, 0.2) is 60.8 Å². The number of piperazine rings is 1. The van der Waals surface area contributed by atoms with Crippen LogP contribution in [0.1, 0.15) is 36.5 Å². The van der Waals surface area contributed by atoms with Crippen molar-refractivity contribution < 1.29 is 37.2 Å². The Balaban J connectivity index is 0.000000681. The Kier molecular flexibility index (Phi) is 7.79. The number of amides is 3. The number of rotatable bonds is 4. The molecule has 0 radical (unpaired) electrons. The highest BCUT2D eigenvalue weighted by Gasteiger charge is 2.70. The van der Waals surface area contributed by atoms with Gasteiger partial charge in [0.1, 0.15) is 12.1 Å². The van der Waals surface area contributed by atoms with Gasteiger partial charge in [0.05, 0.1) is 12.2 Å². The molecular formula is C34H39N5O8S. The Bertz CT molecular complexity index is 1940. The molecule has 1 aromatic heterocycles. The highest BCUT2D eigenvalue weighted by Crippen LogP contribution is 2.46. The first-order chi connectivity index (χ1) is 22.7. The number of hydrogen-bond acceptors (Lipinski definition) is 8. The Morgan fingerprint density at radius 2 is 1.88 bits per heavy atom. The van der Waals surface area contributed by atoms with Gasteiger partial charge in [-0.05, 0) is 61.6 Å². The number of benzene rings is 2. The van der Waals surface area contributed by atoms with E-state index in [1.165, 1.54) is 22.8 Å². The second-order valence-electron chi connectivity index (χ2n) is 13.5. The largest absolute Gasteiger partial charge is 0.361 e. The molecule has 4 N–H and O–H groups in total. The van der Waals surface area contributed by atoms with Crippen LogP contribution in [0.5, 0.6) is 0 Å². The van der Waals surface area contributed by atoms with E-state index in [-0.39, 0.29) is 24.3 Å². The number of aromatic nitrogens is 1. The molecule has 4 aliphatic heterocycles. The molecule has 0 spiro atoms. The predicted molar refractivity (Wildman–Crippen MR) is 175 cm³/mol. The second-order valence-corrected chi connectivity index (χ2v) is 15.0. The molecule has 3 amide bonds. The fourth-order valence-corrected chi connectivity index (χ4v) is 8.12. The molecule has 5 heterocycles. The number of aliphatic hydroxyl groups is 1. The summed E-state index contributed by atoms with van der Waals surface area (Å²) in [5.41, 5.74) is 3.58. The second kappa shape index (κ2) is 11.5. The van der Waals surface area contributed by atoms with Gasteiger partial charge in [-0.25, -0.2) is 0 Å². The lowest BCUT2D eigenvalue weighted by Gasteiger charge is -2.48. The van der Waals surface area contributed by atoms with Crippen LogP contribution in [0, 0.1) is 5.92 Å². The third-order valence-electron chi connectivity index (χ3n) is 10.1. The molecular weight excluding hydrogens is 638 g/mol. The Labute approximate surface area is 278 Å². The minimum Gasteiger partial charge on any atom is -0.361 e. The number of nitrogens with one attached hydrogen (secondary N) is 2. The van der Waals surface area contributed by atoms with Crippen LogP contribution in [0.25, 0.3) is 16.5 Å². The van der Waals surface area contributed by atoms with Crippen LogP contribution in [-0.2, 0) is 42.1 Å². The highest BCUT2D eigenvalue weighted by molar-refractivity contribution is 7.85. The lowest BCUT2D eigenvalue weighted by molar-refractivity contribution is -0.315. The first-order valence-electron chi connectivity index (χ1n) is 16.0. The third kappa shape index (κ3) is 5.41. The third-order valence-corrected chi connectivity index (χ3v) is 10.1. The number of ether oxygens (including phenoxy) is 1. The van der Waals surface area contributed by atoms with Gasteiger partial charge in [-0.3, -0.25) is 33.5 Å². The van der Waals surface area contributed by atoms with Crippen molar-refractivity contribution in [1.82, 2.24) is 25.0 Å². The molecule has 3 fully saturated rings. The van der Waals surface area contributed by atoms with E-state index in [4.69, 9.17) is 9.29 Å². The van der Waals surface area contributed by atoms with Gasteiger partial charge in [-0.15, -0.1) is 0 Å². The molecule has 254 valence electrons. The quantitative estimate of drug-likeness (QED) is 0.299.